The number of rotatable bonds is 4. The van der Waals surface area contributed by atoms with Crippen molar-refractivity contribution in [2.75, 3.05) is 26.2 Å². The van der Waals surface area contributed by atoms with E-state index < -0.39 is 0 Å². The van der Waals surface area contributed by atoms with Crippen LogP contribution in [0.15, 0.2) is 18.5 Å². The number of carbonyl (C=O) groups is 1. The van der Waals surface area contributed by atoms with Crippen molar-refractivity contribution in [1.29, 1.82) is 0 Å². The quantitative estimate of drug-likeness (QED) is 0.920. The zero-order valence-corrected chi connectivity index (χ0v) is 12.0. The second-order valence-corrected chi connectivity index (χ2v) is 5.35. The number of amides is 1. The zero-order chi connectivity index (χ0) is 13.7. The fourth-order valence-electron chi connectivity index (χ4n) is 2.38. The molecule has 0 spiro atoms. The fraction of sp³-hybridized carbons (Fsp3) is 0.571. The van der Waals surface area contributed by atoms with E-state index in [4.69, 9.17) is 11.6 Å². The van der Waals surface area contributed by atoms with Crippen LogP contribution in [0.5, 0.6) is 0 Å². The van der Waals surface area contributed by atoms with Crippen LogP contribution in [-0.4, -0.2) is 42.0 Å². The number of aromatic nitrogens is 1. The van der Waals surface area contributed by atoms with Gasteiger partial charge in [-0.2, -0.15) is 0 Å². The van der Waals surface area contributed by atoms with Crippen molar-refractivity contribution in [2.45, 2.75) is 19.8 Å². The van der Waals surface area contributed by atoms with Gasteiger partial charge < -0.3 is 10.2 Å². The minimum absolute atomic E-state index is 0.129. The van der Waals surface area contributed by atoms with E-state index in [0.717, 1.165) is 39.0 Å². The van der Waals surface area contributed by atoms with Gasteiger partial charge in [-0.1, -0.05) is 18.5 Å². The Labute approximate surface area is 119 Å². The molecule has 1 N–H and O–H groups in total. The molecule has 0 aromatic carbocycles. The molecule has 1 aromatic heterocycles. The maximum absolute atomic E-state index is 12.0. The smallest absolute Gasteiger partial charge is 0.254 e. The maximum atomic E-state index is 12.0. The monoisotopic (exact) mass is 281 g/mol. The molecule has 5 heteroatoms. The summed E-state index contributed by atoms with van der Waals surface area (Å²) in [5.41, 5.74) is 0.454. The Kier molecular flexibility index (Phi) is 5.16. The molecule has 0 unspecified atom stereocenters. The van der Waals surface area contributed by atoms with Gasteiger partial charge in [-0.25, -0.2) is 0 Å². The molecule has 1 amide bonds. The van der Waals surface area contributed by atoms with Crippen molar-refractivity contribution >= 4 is 17.5 Å². The van der Waals surface area contributed by atoms with Gasteiger partial charge in [0, 0.05) is 18.9 Å². The largest absolute Gasteiger partial charge is 0.352 e. The highest BCUT2D eigenvalue weighted by Gasteiger charge is 2.19. The van der Waals surface area contributed by atoms with Gasteiger partial charge in [-0.05, 0) is 44.5 Å². The Hall–Kier alpha value is -1.13. The van der Waals surface area contributed by atoms with Crippen molar-refractivity contribution in [1.82, 2.24) is 15.2 Å². The lowest BCUT2D eigenvalue weighted by Crippen LogP contribution is -2.38. The van der Waals surface area contributed by atoms with Crippen LogP contribution in [0.4, 0.5) is 0 Å². The summed E-state index contributed by atoms with van der Waals surface area (Å²) < 4.78 is 0. The summed E-state index contributed by atoms with van der Waals surface area (Å²) in [4.78, 5) is 18.4. The molecule has 1 saturated heterocycles. The lowest BCUT2D eigenvalue weighted by molar-refractivity contribution is 0.0936. The number of nitrogens with zero attached hydrogens (tertiary/aromatic N) is 2. The second-order valence-electron chi connectivity index (χ2n) is 4.94. The average molecular weight is 282 g/mol. The third-order valence-corrected chi connectivity index (χ3v) is 4.05. The summed E-state index contributed by atoms with van der Waals surface area (Å²) in [6, 6.07) is 1.64. The second kappa shape index (κ2) is 6.87. The van der Waals surface area contributed by atoms with Gasteiger partial charge in [-0.15, -0.1) is 0 Å². The van der Waals surface area contributed by atoms with Crippen molar-refractivity contribution in [3.63, 3.8) is 0 Å². The Morgan fingerprint density at radius 2 is 2.26 bits per heavy atom. The predicted molar refractivity (Wildman–Crippen MR) is 76.4 cm³/mol. The Bertz CT molecular complexity index is 430. The first kappa shape index (κ1) is 14.3. The van der Waals surface area contributed by atoms with Crippen LogP contribution in [0.2, 0.25) is 5.02 Å². The third kappa shape index (κ3) is 3.91. The summed E-state index contributed by atoms with van der Waals surface area (Å²) in [6.07, 6.45) is 5.39. The van der Waals surface area contributed by atoms with Crippen molar-refractivity contribution < 1.29 is 4.79 Å². The zero-order valence-electron chi connectivity index (χ0n) is 11.2. The minimum atomic E-state index is -0.129. The number of pyridine rings is 1. The van der Waals surface area contributed by atoms with E-state index in [1.807, 2.05) is 0 Å². The Balaban J connectivity index is 1.80. The first-order valence-electron chi connectivity index (χ1n) is 6.80. The number of carbonyl (C=O) groups excluding carboxylic acids is 1. The Morgan fingerprint density at radius 3 is 2.89 bits per heavy atom. The van der Waals surface area contributed by atoms with E-state index in [-0.39, 0.29) is 5.91 Å². The number of hydrogen-bond acceptors (Lipinski definition) is 3. The van der Waals surface area contributed by atoms with Crippen LogP contribution < -0.4 is 5.32 Å². The number of nitrogens with one attached hydrogen (secondary N) is 1. The molecule has 19 heavy (non-hydrogen) atoms. The molecule has 4 nitrogen and oxygen atoms in total. The topological polar surface area (TPSA) is 45.2 Å². The molecule has 1 aliphatic rings. The van der Waals surface area contributed by atoms with Gasteiger partial charge >= 0.3 is 0 Å². The molecule has 0 aliphatic carbocycles. The molecule has 0 atom stereocenters. The van der Waals surface area contributed by atoms with Gasteiger partial charge in [0.2, 0.25) is 0 Å². The van der Waals surface area contributed by atoms with E-state index in [2.05, 4.69) is 22.1 Å². The average Bonchev–Trinajstić information content (AvgIpc) is 2.46. The van der Waals surface area contributed by atoms with E-state index in [9.17, 15) is 4.79 Å². The van der Waals surface area contributed by atoms with Crippen molar-refractivity contribution in [3.8, 4) is 0 Å². The fourth-order valence-corrected chi connectivity index (χ4v) is 2.57. The molecule has 0 bridgehead atoms. The molecule has 1 aliphatic heterocycles. The summed E-state index contributed by atoms with van der Waals surface area (Å²) in [5.74, 6) is 0.443. The van der Waals surface area contributed by atoms with Crippen LogP contribution in [0.25, 0.3) is 0 Å². The lowest BCUT2D eigenvalue weighted by Gasteiger charge is -2.31. The number of hydrogen-bond donors (Lipinski definition) is 1. The highest BCUT2D eigenvalue weighted by molar-refractivity contribution is 6.33. The minimum Gasteiger partial charge on any atom is -0.352 e. The van der Waals surface area contributed by atoms with Crippen LogP contribution >= 0.6 is 11.6 Å². The first-order valence-corrected chi connectivity index (χ1v) is 7.18. The summed E-state index contributed by atoms with van der Waals surface area (Å²) >= 11 is 5.97. The molecule has 2 rings (SSSR count). The maximum Gasteiger partial charge on any atom is 0.254 e. The summed E-state index contributed by atoms with van der Waals surface area (Å²) in [6.45, 7) is 6.29. The van der Waals surface area contributed by atoms with E-state index in [1.165, 1.54) is 6.20 Å². The van der Waals surface area contributed by atoms with Crippen LogP contribution in [-0.2, 0) is 0 Å². The molecular formula is C14H20ClN3O. The molecule has 104 valence electrons. The van der Waals surface area contributed by atoms with Gasteiger partial charge in [0.15, 0.2) is 0 Å². The molecule has 1 aromatic rings. The van der Waals surface area contributed by atoms with Gasteiger partial charge in [-0.3, -0.25) is 9.78 Å². The molecule has 2 heterocycles. The number of piperidine rings is 1. The highest BCUT2D eigenvalue weighted by atomic mass is 35.5. The Morgan fingerprint density at radius 1 is 1.53 bits per heavy atom. The summed E-state index contributed by atoms with van der Waals surface area (Å²) in [7, 11) is 0. The summed E-state index contributed by atoms with van der Waals surface area (Å²) in [5, 5.41) is 3.41. The number of likely N-dealkylation sites (tertiary alicyclic amines) is 1. The van der Waals surface area contributed by atoms with Crippen LogP contribution in [0.1, 0.15) is 30.1 Å². The SMILES string of the molecule is CCN1CCC(CNC(=O)c2cnccc2Cl)CC1. The van der Waals surface area contributed by atoms with E-state index in [0.29, 0.717) is 16.5 Å². The van der Waals surface area contributed by atoms with Crippen molar-refractivity contribution in [3.05, 3.63) is 29.0 Å². The normalized spacial score (nSPS) is 17.4. The van der Waals surface area contributed by atoms with E-state index >= 15 is 0 Å². The standard InChI is InChI=1S/C14H20ClN3O/c1-2-18-7-4-11(5-8-18)9-17-14(19)12-10-16-6-3-13(12)15/h3,6,10-11H,2,4-5,7-9H2,1H3,(H,17,19). The van der Waals surface area contributed by atoms with Crippen molar-refractivity contribution in [2.24, 2.45) is 5.92 Å². The molecular weight excluding hydrogens is 262 g/mol. The van der Waals surface area contributed by atoms with E-state index in [1.54, 1.807) is 12.3 Å². The van der Waals surface area contributed by atoms with Crippen LogP contribution in [0, 0.1) is 5.92 Å². The molecule has 0 radical (unpaired) electrons. The van der Waals surface area contributed by atoms with Gasteiger partial charge in [0.05, 0.1) is 10.6 Å². The van der Waals surface area contributed by atoms with Gasteiger partial charge in [0.1, 0.15) is 0 Å². The van der Waals surface area contributed by atoms with Gasteiger partial charge in [0.25, 0.3) is 5.91 Å². The molecule has 0 saturated carbocycles. The predicted octanol–water partition coefficient (Wildman–Crippen LogP) is 2.20. The first-order chi connectivity index (χ1) is 9.20. The third-order valence-electron chi connectivity index (χ3n) is 3.72. The van der Waals surface area contributed by atoms with Crippen LogP contribution in [0.3, 0.4) is 0 Å². The lowest BCUT2D eigenvalue weighted by atomic mass is 9.97. The highest BCUT2D eigenvalue weighted by Crippen LogP contribution is 2.17. The number of halogens is 1. The molecule has 1 fully saturated rings.